The molecule has 1 aliphatic heterocycles. The lowest BCUT2D eigenvalue weighted by molar-refractivity contribution is 0.0162. The van der Waals surface area contributed by atoms with Gasteiger partial charge in [0.25, 0.3) is 0 Å². The number of ether oxygens (including phenoxy) is 2. The van der Waals surface area contributed by atoms with Gasteiger partial charge in [-0.05, 0) is 52.9 Å². The standard InChI is InChI=1S/C18H36N4O3.HI/c1-6-24-13-11-21-16(19-5)20-10-9-15-8-7-12-22(14-15)17(23)25-18(2,3)4;/h15H,6-14H2,1-5H3,(H2,19,20,21);1H. The molecule has 1 amide bonds. The Morgan fingerprint density at radius 3 is 2.58 bits per heavy atom. The molecule has 0 bridgehead atoms. The number of nitrogens with zero attached hydrogens (tertiary/aromatic N) is 2. The van der Waals surface area contributed by atoms with Crippen molar-refractivity contribution in [3.63, 3.8) is 0 Å². The molecular formula is C18H37IN4O3. The molecule has 0 aliphatic carbocycles. The maximum Gasteiger partial charge on any atom is 0.410 e. The Morgan fingerprint density at radius 2 is 1.96 bits per heavy atom. The molecule has 0 aromatic heterocycles. The summed E-state index contributed by atoms with van der Waals surface area (Å²) >= 11 is 0. The SMILES string of the molecule is CCOCCNC(=NC)NCCC1CCCN(C(=O)OC(C)(C)C)C1.I. The fraction of sp³-hybridized carbons (Fsp3) is 0.889. The number of nitrogens with one attached hydrogen (secondary N) is 2. The zero-order chi connectivity index (χ0) is 18.7. The molecule has 1 unspecified atom stereocenters. The van der Waals surface area contributed by atoms with Crippen molar-refractivity contribution in [1.29, 1.82) is 0 Å². The van der Waals surface area contributed by atoms with Crippen LogP contribution in [0.15, 0.2) is 4.99 Å². The van der Waals surface area contributed by atoms with Crippen LogP contribution in [-0.4, -0.2) is 69.0 Å². The van der Waals surface area contributed by atoms with Gasteiger partial charge in [0.1, 0.15) is 5.60 Å². The Kier molecular flexibility index (Phi) is 13.0. The van der Waals surface area contributed by atoms with Gasteiger partial charge < -0.3 is 25.0 Å². The van der Waals surface area contributed by atoms with Crippen LogP contribution < -0.4 is 10.6 Å². The average Bonchev–Trinajstić information content (AvgIpc) is 2.56. The summed E-state index contributed by atoms with van der Waals surface area (Å²) in [6.07, 6.45) is 2.99. The van der Waals surface area contributed by atoms with E-state index in [0.29, 0.717) is 12.5 Å². The number of carbonyl (C=O) groups excluding carboxylic acids is 1. The zero-order valence-corrected chi connectivity index (χ0v) is 19.3. The summed E-state index contributed by atoms with van der Waals surface area (Å²) in [5, 5.41) is 6.55. The lowest BCUT2D eigenvalue weighted by Gasteiger charge is -2.34. The van der Waals surface area contributed by atoms with E-state index in [4.69, 9.17) is 9.47 Å². The van der Waals surface area contributed by atoms with Crippen LogP contribution in [0.4, 0.5) is 4.79 Å². The molecule has 1 atom stereocenters. The molecule has 7 nitrogen and oxygen atoms in total. The molecular weight excluding hydrogens is 447 g/mol. The van der Waals surface area contributed by atoms with Gasteiger partial charge in [-0.2, -0.15) is 0 Å². The fourth-order valence-electron chi connectivity index (χ4n) is 2.79. The molecule has 0 aromatic rings. The molecule has 0 saturated carbocycles. The number of hydrogen-bond acceptors (Lipinski definition) is 4. The number of amides is 1. The van der Waals surface area contributed by atoms with E-state index in [9.17, 15) is 4.79 Å². The van der Waals surface area contributed by atoms with Crippen molar-refractivity contribution in [2.75, 3.05) is 46.4 Å². The third kappa shape index (κ3) is 11.1. The minimum absolute atomic E-state index is 0. The molecule has 8 heteroatoms. The van der Waals surface area contributed by atoms with Crippen LogP contribution in [0.25, 0.3) is 0 Å². The van der Waals surface area contributed by atoms with Gasteiger partial charge in [0.15, 0.2) is 5.96 Å². The molecule has 154 valence electrons. The Hall–Kier alpha value is -0.770. The molecule has 0 aromatic carbocycles. The van der Waals surface area contributed by atoms with Crippen molar-refractivity contribution in [1.82, 2.24) is 15.5 Å². The van der Waals surface area contributed by atoms with E-state index >= 15 is 0 Å². The summed E-state index contributed by atoms with van der Waals surface area (Å²) in [4.78, 5) is 18.3. The summed E-state index contributed by atoms with van der Waals surface area (Å²) in [6, 6.07) is 0. The Morgan fingerprint density at radius 1 is 1.27 bits per heavy atom. The van der Waals surface area contributed by atoms with E-state index in [-0.39, 0.29) is 30.1 Å². The Labute approximate surface area is 175 Å². The van der Waals surface area contributed by atoms with Crippen molar-refractivity contribution in [3.8, 4) is 0 Å². The quantitative estimate of drug-likeness (QED) is 0.252. The average molecular weight is 484 g/mol. The highest BCUT2D eigenvalue weighted by Crippen LogP contribution is 2.21. The van der Waals surface area contributed by atoms with Crippen LogP contribution in [0.5, 0.6) is 0 Å². The van der Waals surface area contributed by atoms with Crippen molar-refractivity contribution < 1.29 is 14.3 Å². The lowest BCUT2D eigenvalue weighted by Crippen LogP contribution is -2.44. The summed E-state index contributed by atoms with van der Waals surface area (Å²) in [6.45, 7) is 12.2. The topological polar surface area (TPSA) is 75.2 Å². The number of halogens is 1. The van der Waals surface area contributed by atoms with Crippen LogP contribution in [0.1, 0.15) is 47.0 Å². The highest BCUT2D eigenvalue weighted by atomic mass is 127. The van der Waals surface area contributed by atoms with Crippen LogP contribution in [0, 0.1) is 5.92 Å². The second kappa shape index (κ2) is 13.4. The van der Waals surface area contributed by atoms with E-state index in [1.54, 1.807) is 7.05 Å². The van der Waals surface area contributed by atoms with Crippen LogP contribution >= 0.6 is 24.0 Å². The summed E-state index contributed by atoms with van der Waals surface area (Å²) in [7, 11) is 1.76. The van der Waals surface area contributed by atoms with Gasteiger partial charge in [-0.1, -0.05) is 0 Å². The summed E-state index contributed by atoms with van der Waals surface area (Å²) < 4.78 is 10.8. The lowest BCUT2D eigenvalue weighted by atomic mass is 9.95. The van der Waals surface area contributed by atoms with E-state index in [1.807, 2.05) is 32.6 Å². The van der Waals surface area contributed by atoms with Crippen molar-refractivity contribution in [3.05, 3.63) is 0 Å². The number of aliphatic imine (C=N–C) groups is 1. The van der Waals surface area contributed by atoms with Gasteiger partial charge in [-0.3, -0.25) is 4.99 Å². The third-order valence-electron chi connectivity index (χ3n) is 3.98. The van der Waals surface area contributed by atoms with Gasteiger partial charge >= 0.3 is 6.09 Å². The number of guanidine groups is 1. The highest BCUT2D eigenvalue weighted by molar-refractivity contribution is 14.0. The van der Waals surface area contributed by atoms with Crippen molar-refractivity contribution in [2.45, 2.75) is 52.6 Å². The normalized spacial score (nSPS) is 18.1. The fourth-order valence-corrected chi connectivity index (χ4v) is 2.79. The van der Waals surface area contributed by atoms with Gasteiger partial charge in [-0.25, -0.2) is 4.79 Å². The molecule has 0 spiro atoms. The first-order valence-corrected chi connectivity index (χ1v) is 9.36. The van der Waals surface area contributed by atoms with Gasteiger partial charge in [0.05, 0.1) is 6.61 Å². The first-order valence-electron chi connectivity index (χ1n) is 9.36. The van der Waals surface area contributed by atoms with Crippen LogP contribution in [0.2, 0.25) is 0 Å². The van der Waals surface area contributed by atoms with E-state index < -0.39 is 5.60 Å². The Bertz CT molecular complexity index is 427. The molecule has 1 aliphatic rings. The first-order chi connectivity index (χ1) is 11.9. The van der Waals surface area contributed by atoms with Crippen LogP contribution in [0.3, 0.4) is 0 Å². The zero-order valence-electron chi connectivity index (χ0n) is 17.0. The summed E-state index contributed by atoms with van der Waals surface area (Å²) in [5.74, 6) is 1.29. The van der Waals surface area contributed by atoms with Crippen molar-refractivity contribution in [2.24, 2.45) is 10.9 Å². The predicted octanol–water partition coefficient (Wildman–Crippen LogP) is 2.84. The molecule has 26 heavy (non-hydrogen) atoms. The number of carbonyl (C=O) groups is 1. The second-order valence-electron chi connectivity index (χ2n) is 7.35. The third-order valence-corrected chi connectivity index (χ3v) is 3.98. The maximum absolute atomic E-state index is 12.2. The minimum atomic E-state index is -0.439. The van der Waals surface area contributed by atoms with E-state index in [0.717, 1.165) is 58.0 Å². The minimum Gasteiger partial charge on any atom is -0.444 e. The smallest absolute Gasteiger partial charge is 0.410 e. The largest absolute Gasteiger partial charge is 0.444 e. The van der Waals surface area contributed by atoms with Gasteiger partial charge in [0, 0.05) is 39.8 Å². The highest BCUT2D eigenvalue weighted by Gasteiger charge is 2.27. The first kappa shape index (κ1) is 25.2. The Balaban J connectivity index is 0.00000625. The second-order valence-corrected chi connectivity index (χ2v) is 7.35. The molecule has 1 heterocycles. The monoisotopic (exact) mass is 484 g/mol. The number of hydrogen-bond donors (Lipinski definition) is 2. The number of piperidine rings is 1. The number of likely N-dealkylation sites (tertiary alicyclic amines) is 1. The number of rotatable bonds is 7. The molecule has 0 radical (unpaired) electrons. The molecule has 2 N–H and O–H groups in total. The molecule has 1 fully saturated rings. The van der Waals surface area contributed by atoms with Gasteiger partial charge in [-0.15, -0.1) is 24.0 Å². The van der Waals surface area contributed by atoms with Gasteiger partial charge in [0.2, 0.25) is 0 Å². The van der Waals surface area contributed by atoms with Crippen molar-refractivity contribution >= 4 is 36.0 Å². The maximum atomic E-state index is 12.2. The van der Waals surface area contributed by atoms with E-state index in [2.05, 4.69) is 15.6 Å². The summed E-state index contributed by atoms with van der Waals surface area (Å²) in [5.41, 5.74) is -0.439. The molecule has 1 rings (SSSR count). The molecule has 1 saturated heterocycles. The van der Waals surface area contributed by atoms with E-state index in [1.165, 1.54) is 0 Å². The predicted molar refractivity (Wildman–Crippen MR) is 116 cm³/mol. The van der Waals surface area contributed by atoms with Crippen LogP contribution in [-0.2, 0) is 9.47 Å².